The van der Waals surface area contributed by atoms with Crippen molar-refractivity contribution in [2.45, 2.75) is 24.4 Å². The van der Waals surface area contributed by atoms with Crippen molar-refractivity contribution in [1.82, 2.24) is 0 Å². The van der Waals surface area contributed by atoms with Crippen molar-refractivity contribution in [2.75, 3.05) is 11.9 Å². The Bertz CT molecular complexity index is 128. The number of halogens is 1. The van der Waals surface area contributed by atoms with Crippen LogP contribution >= 0.6 is 15.9 Å². The zero-order chi connectivity index (χ0) is 8.43. The molecule has 0 saturated carbocycles. The summed E-state index contributed by atoms with van der Waals surface area (Å²) in [6, 6.07) is 0. The molecule has 1 rings (SSSR count). The quantitative estimate of drug-likeness (QED) is 0.419. The number of aliphatic hydroxyl groups is 3. The van der Waals surface area contributed by atoms with Crippen LogP contribution in [0.25, 0.3) is 0 Å². The van der Waals surface area contributed by atoms with Crippen LogP contribution in [0.5, 0.6) is 0 Å². The Labute approximate surface area is 72.9 Å². The van der Waals surface area contributed by atoms with Gasteiger partial charge in [-0.2, -0.15) is 0 Å². The van der Waals surface area contributed by atoms with Gasteiger partial charge in [0.1, 0.15) is 18.3 Å². The summed E-state index contributed by atoms with van der Waals surface area (Å²) in [6.07, 6.45) is -3.32. The molecule has 1 heterocycles. The lowest BCUT2D eigenvalue weighted by atomic mass is 10.1. The second kappa shape index (κ2) is 3.82. The predicted molar refractivity (Wildman–Crippen MR) is 41.6 cm³/mol. The number of ether oxygens (including phenoxy) is 1. The molecule has 5 heteroatoms. The summed E-state index contributed by atoms with van der Waals surface area (Å²) in [6.45, 7) is 0.466. The molecule has 0 aromatic carbocycles. The maximum absolute atomic E-state index is 9.20. The van der Waals surface area contributed by atoms with Gasteiger partial charge >= 0.3 is 0 Å². The van der Waals surface area contributed by atoms with E-state index in [0.717, 1.165) is 0 Å². The number of epoxide rings is 1. The first-order valence-electron chi connectivity index (χ1n) is 3.38. The molecular formula is C6H11BrO4. The van der Waals surface area contributed by atoms with Crippen LogP contribution in [-0.4, -0.2) is 51.7 Å². The van der Waals surface area contributed by atoms with E-state index in [1.165, 1.54) is 0 Å². The van der Waals surface area contributed by atoms with E-state index in [1.54, 1.807) is 0 Å². The molecule has 0 radical (unpaired) electrons. The molecule has 1 saturated heterocycles. The van der Waals surface area contributed by atoms with Crippen LogP contribution in [0.3, 0.4) is 0 Å². The van der Waals surface area contributed by atoms with Crippen LogP contribution in [0.4, 0.5) is 0 Å². The Balaban J connectivity index is 2.31. The van der Waals surface area contributed by atoms with Gasteiger partial charge in [-0.3, -0.25) is 0 Å². The first-order chi connectivity index (χ1) is 5.16. The van der Waals surface area contributed by atoms with Gasteiger partial charge in [-0.05, 0) is 0 Å². The molecule has 0 amide bonds. The van der Waals surface area contributed by atoms with Gasteiger partial charge in [-0.15, -0.1) is 0 Å². The minimum atomic E-state index is -1.12. The molecule has 0 spiro atoms. The molecule has 0 aromatic rings. The number of aliphatic hydroxyl groups excluding tert-OH is 3. The zero-order valence-corrected chi connectivity index (χ0v) is 7.44. The minimum Gasteiger partial charge on any atom is -0.389 e. The number of hydrogen-bond donors (Lipinski definition) is 3. The molecule has 4 nitrogen and oxygen atoms in total. The van der Waals surface area contributed by atoms with Gasteiger partial charge < -0.3 is 20.1 Å². The molecule has 0 aromatic heterocycles. The lowest BCUT2D eigenvalue weighted by Crippen LogP contribution is -2.41. The molecule has 0 aliphatic carbocycles. The molecule has 3 N–H and O–H groups in total. The summed E-state index contributed by atoms with van der Waals surface area (Å²) in [7, 11) is 0. The van der Waals surface area contributed by atoms with Gasteiger partial charge in [0.05, 0.1) is 12.7 Å². The summed E-state index contributed by atoms with van der Waals surface area (Å²) in [4.78, 5) is 0. The summed E-state index contributed by atoms with van der Waals surface area (Å²) in [5.74, 6) is 0. The van der Waals surface area contributed by atoms with E-state index < -0.39 is 18.3 Å². The van der Waals surface area contributed by atoms with E-state index in [0.29, 0.717) is 6.61 Å². The maximum Gasteiger partial charge on any atom is 0.111 e. The van der Waals surface area contributed by atoms with Crippen LogP contribution < -0.4 is 0 Å². The highest BCUT2D eigenvalue weighted by Gasteiger charge is 2.38. The van der Waals surface area contributed by atoms with Crippen LogP contribution in [0, 0.1) is 0 Å². The van der Waals surface area contributed by atoms with Crippen LogP contribution in [0.15, 0.2) is 0 Å². The van der Waals surface area contributed by atoms with Crippen LogP contribution in [-0.2, 0) is 4.74 Å². The van der Waals surface area contributed by atoms with Gasteiger partial charge in [-0.25, -0.2) is 0 Å². The molecule has 1 aliphatic heterocycles. The van der Waals surface area contributed by atoms with E-state index in [9.17, 15) is 10.2 Å². The van der Waals surface area contributed by atoms with Crippen molar-refractivity contribution >= 4 is 15.9 Å². The third kappa shape index (κ3) is 2.38. The molecule has 0 unspecified atom stereocenters. The first kappa shape index (κ1) is 9.41. The van der Waals surface area contributed by atoms with E-state index in [4.69, 9.17) is 9.84 Å². The Morgan fingerprint density at radius 2 is 2.00 bits per heavy atom. The fraction of sp³-hybridized carbons (Fsp3) is 1.00. The first-order valence-corrected chi connectivity index (χ1v) is 4.50. The molecule has 66 valence electrons. The average Bonchev–Trinajstić information content (AvgIpc) is 2.82. The topological polar surface area (TPSA) is 73.2 Å². The maximum atomic E-state index is 9.20. The smallest absolute Gasteiger partial charge is 0.111 e. The third-order valence-electron chi connectivity index (χ3n) is 1.64. The van der Waals surface area contributed by atoms with E-state index in [-0.39, 0.29) is 11.4 Å². The third-order valence-corrected chi connectivity index (χ3v) is 2.31. The fourth-order valence-corrected chi connectivity index (χ4v) is 1.17. The van der Waals surface area contributed by atoms with Crippen molar-refractivity contribution in [3.05, 3.63) is 0 Å². The Morgan fingerprint density at radius 3 is 2.36 bits per heavy atom. The second-order valence-corrected chi connectivity index (χ2v) is 3.22. The number of rotatable bonds is 4. The monoisotopic (exact) mass is 226 g/mol. The summed E-state index contributed by atoms with van der Waals surface area (Å²) < 4.78 is 4.75. The summed E-state index contributed by atoms with van der Waals surface area (Å²) in [5.41, 5.74) is 0. The highest BCUT2D eigenvalue weighted by atomic mass is 79.9. The van der Waals surface area contributed by atoms with E-state index in [1.807, 2.05) is 0 Å². The van der Waals surface area contributed by atoms with Crippen LogP contribution in [0.1, 0.15) is 0 Å². The molecule has 0 bridgehead atoms. The molecule has 4 atom stereocenters. The van der Waals surface area contributed by atoms with Gasteiger partial charge in [0.15, 0.2) is 0 Å². The SMILES string of the molecule is O[C@@H]([C@H](O)[C@H]1CO1)[C@H](O)CBr. The Morgan fingerprint density at radius 1 is 1.45 bits per heavy atom. The van der Waals surface area contributed by atoms with Crippen LogP contribution in [0.2, 0.25) is 0 Å². The van der Waals surface area contributed by atoms with Gasteiger partial charge in [-0.1, -0.05) is 15.9 Å². The van der Waals surface area contributed by atoms with Crippen molar-refractivity contribution in [2.24, 2.45) is 0 Å². The average molecular weight is 227 g/mol. The lowest BCUT2D eigenvalue weighted by molar-refractivity contribution is -0.0586. The van der Waals surface area contributed by atoms with Gasteiger partial charge in [0.25, 0.3) is 0 Å². The second-order valence-electron chi connectivity index (χ2n) is 2.57. The Hall–Kier alpha value is 0.320. The predicted octanol–water partition coefficient (Wildman–Crippen LogP) is -1.14. The molecular weight excluding hydrogens is 216 g/mol. The normalized spacial score (nSPS) is 31.1. The van der Waals surface area contributed by atoms with Gasteiger partial charge in [0, 0.05) is 5.33 Å². The molecule has 1 fully saturated rings. The Kier molecular flexibility index (Phi) is 3.27. The largest absolute Gasteiger partial charge is 0.389 e. The van der Waals surface area contributed by atoms with Crippen molar-refractivity contribution in [3.63, 3.8) is 0 Å². The van der Waals surface area contributed by atoms with E-state index in [2.05, 4.69) is 15.9 Å². The summed E-state index contributed by atoms with van der Waals surface area (Å²) in [5, 5.41) is 27.7. The van der Waals surface area contributed by atoms with Crippen molar-refractivity contribution < 1.29 is 20.1 Å². The lowest BCUT2D eigenvalue weighted by Gasteiger charge is -2.19. The molecule has 1 aliphatic rings. The van der Waals surface area contributed by atoms with Gasteiger partial charge in [0.2, 0.25) is 0 Å². The fourth-order valence-electron chi connectivity index (χ4n) is 0.792. The number of hydrogen-bond acceptors (Lipinski definition) is 4. The highest BCUT2D eigenvalue weighted by molar-refractivity contribution is 9.09. The zero-order valence-electron chi connectivity index (χ0n) is 5.85. The van der Waals surface area contributed by atoms with Crippen molar-refractivity contribution in [1.29, 1.82) is 0 Å². The standard InChI is InChI=1S/C6H11BrO4/c7-1-3(8)5(9)6(10)4-2-11-4/h3-6,8-10H,1-2H2/t3-,4-,5-,6-/m1/s1. The van der Waals surface area contributed by atoms with Crippen molar-refractivity contribution in [3.8, 4) is 0 Å². The highest BCUT2D eigenvalue weighted by Crippen LogP contribution is 2.18. The van der Waals surface area contributed by atoms with E-state index >= 15 is 0 Å². The minimum absolute atomic E-state index is 0.248. The molecule has 11 heavy (non-hydrogen) atoms. The number of alkyl halides is 1. The summed E-state index contributed by atoms with van der Waals surface area (Å²) >= 11 is 2.99.